The number of amides is 1. The zero-order valence-corrected chi connectivity index (χ0v) is 11.4. The van der Waals surface area contributed by atoms with E-state index >= 15 is 0 Å². The number of aromatic nitrogens is 2. The van der Waals surface area contributed by atoms with E-state index in [1.807, 2.05) is 0 Å². The highest BCUT2D eigenvalue weighted by atomic mass is 35.5. The Kier molecular flexibility index (Phi) is 4.09. The molecule has 0 atom stereocenters. The third-order valence-electron chi connectivity index (χ3n) is 3.52. The van der Waals surface area contributed by atoms with Gasteiger partial charge in [-0.1, -0.05) is 11.6 Å². The Balaban J connectivity index is 1.93. The number of hydrogen-bond acceptors (Lipinski definition) is 3. The monoisotopic (exact) mass is 285 g/mol. The van der Waals surface area contributed by atoms with Crippen LogP contribution >= 0.6 is 11.6 Å². The van der Waals surface area contributed by atoms with E-state index in [4.69, 9.17) is 16.7 Å². The minimum absolute atomic E-state index is 0.00840. The summed E-state index contributed by atoms with van der Waals surface area (Å²) in [6.45, 7) is 0. The van der Waals surface area contributed by atoms with Gasteiger partial charge in [0.1, 0.15) is 5.69 Å². The average Bonchev–Trinajstić information content (AvgIpc) is 2.69. The van der Waals surface area contributed by atoms with E-state index in [-0.39, 0.29) is 17.9 Å². The van der Waals surface area contributed by atoms with E-state index < -0.39 is 5.97 Å². The lowest BCUT2D eigenvalue weighted by molar-refractivity contribution is -0.142. The van der Waals surface area contributed by atoms with E-state index in [1.165, 1.54) is 10.9 Å². The molecule has 1 aliphatic carbocycles. The van der Waals surface area contributed by atoms with Crippen LogP contribution in [0.5, 0.6) is 0 Å². The van der Waals surface area contributed by atoms with Gasteiger partial charge in [-0.15, -0.1) is 0 Å². The molecular weight excluding hydrogens is 270 g/mol. The van der Waals surface area contributed by atoms with Gasteiger partial charge >= 0.3 is 5.97 Å². The van der Waals surface area contributed by atoms with Crippen LogP contribution in [0.4, 0.5) is 0 Å². The molecule has 0 aliphatic heterocycles. The molecule has 1 fully saturated rings. The second-order valence-corrected chi connectivity index (χ2v) is 5.23. The first-order valence-electron chi connectivity index (χ1n) is 6.20. The van der Waals surface area contributed by atoms with Crippen LogP contribution in [0.3, 0.4) is 0 Å². The SMILES string of the molecule is Cn1ncc(Cl)c1C(=O)NC1CCC(C(=O)O)CC1. The molecule has 104 valence electrons. The topological polar surface area (TPSA) is 84.2 Å². The molecular formula is C12H16ClN3O3. The fourth-order valence-electron chi connectivity index (χ4n) is 2.40. The summed E-state index contributed by atoms with van der Waals surface area (Å²) in [5, 5.41) is 16.0. The summed E-state index contributed by atoms with van der Waals surface area (Å²) in [6, 6.07) is 0.00840. The Hall–Kier alpha value is -1.56. The highest BCUT2D eigenvalue weighted by Gasteiger charge is 2.27. The van der Waals surface area contributed by atoms with Gasteiger partial charge in [0.15, 0.2) is 0 Å². The van der Waals surface area contributed by atoms with Crippen molar-refractivity contribution in [3.05, 3.63) is 16.9 Å². The number of carboxylic acid groups (broad SMARTS) is 1. The van der Waals surface area contributed by atoms with Gasteiger partial charge in [0, 0.05) is 13.1 Å². The fraction of sp³-hybridized carbons (Fsp3) is 0.583. The highest BCUT2D eigenvalue weighted by Crippen LogP contribution is 2.25. The summed E-state index contributed by atoms with van der Waals surface area (Å²) in [7, 11) is 1.65. The summed E-state index contributed by atoms with van der Waals surface area (Å²) in [5.41, 5.74) is 0.335. The Morgan fingerprint density at radius 3 is 2.53 bits per heavy atom. The second-order valence-electron chi connectivity index (χ2n) is 4.82. The zero-order valence-electron chi connectivity index (χ0n) is 10.6. The quantitative estimate of drug-likeness (QED) is 0.880. The Morgan fingerprint density at radius 2 is 2.05 bits per heavy atom. The van der Waals surface area contributed by atoms with Gasteiger partial charge in [0.05, 0.1) is 17.1 Å². The number of aliphatic carboxylic acids is 1. The number of hydrogen-bond donors (Lipinski definition) is 2. The first kappa shape index (κ1) is 13.9. The van der Waals surface area contributed by atoms with Crippen LogP contribution in [0.15, 0.2) is 6.20 Å². The maximum atomic E-state index is 12.1. The number of aryl methyl sites for hydroxylation is 1. The van der Waals surface area contributed by atoms with E-state index in [2.05, 4.69) is 10.4 Å². The summed E-state index contributed by atoms with van der Waals surface area (Å²) < 4.78 is 1.43. The first-order valence-corrected chi connectivity index (χ1v) is 6.58. The molecule has 1 aromatic rings. The van der Waals surface area contributed by atoms with Crippen molar-refractivity contribution in [3.8, 4) is 0 Å². The number of nitrogens with zero attached hydrogens (tertiary/aromatic N) is 2. The van der Waals surface area contributed by atoms with Gasteiger partial charge in [-0.2, -0.15) is 5.10 Å². The van der Waals surface area contributed by atoms with Gasteiger partial charge < -0.3 is 10.4 Å². The van der Waals surface area contributed by atoms with Crippen molar-refractivity contribution in [2.75, 3.05) is 0 Å². The summed E-state index contributed by atoms with van der Waals surface area (Å²) in [4.78, 5) is 22.9. The average molecular weight is 286 g/mol. The lowest BCUT2D eigenvalue weighted by Gasteiger charge is -2.26. The molecule has 1 saturated carbocycles. The maximum Gasteiger partial charge on any atom is 0.306 e. The molecule has 0 unspecified atom stereocenters. The molecule has 1 amide bonds. The summed E-state index contributed by atoms with van der Waals surface area (Å²) >= 11 is 5.90. The number of carbonyl (C=O) groups excluding carboxylic acids is 1. The molecule has 1 aromatic heterocycles. The largest absolute Gasteiger partial charge is 0.481 e. The molecule has 19 heavy (non-hydrogen) atoms. The molecule has 1 aliphatic rings. The molecule has 0 saturated heterocycles. The van der Waals surface area contributed by atoms with Crippen molar-refractivity contribution < 1.29 is 14.7 Å². The predicted molar refractivity (Wildman–Crippen MR) is 69.1 cm³/mol. The molecule has 0 radical (unpaired) electrons. The second kappa shape index (κ2) is 5.61. The Labute approximate surface area is 115 Å². The number of carbonyl (C=O) groups is 2. The van der Waals surface area contributed by atoms with Crippen LogP contribution in [0, 0.1) is 5.92 Å². The molecule has 1 heterocycles. The first-order chi connectivity index (χ1) is 8.99. The summed E-state index contributed by atoms with van der Waals surface area (Å²) in [6.07, 6.45) is 3.98. The third-order valence-corrected chi connectivity index (χ3v) is 3.80. The number of rotatable bonds is 3. The van der Waals surface area contributed by atoms with Crippen molar-refractivity contribution in [3.63, 3.8) is 0 Å². The predicted octanol–water partition coefficient (Wildman–Crippen LogP) is 1.45. The molecule has 0 aromatic carbocycles. The lowest BCUT2D eigenvalue weighted by Crippen LogP contribution is -2.39. The van der Waals surface area contributed by atoms with Crippen LogP contribution < -0.4 is 5.32 Å². The van der Waals surface area contributed by atoms with E-state index in [0.29, 0.717) is 36.4 Å². The van der Waals surface area contributed by atoms with Crippen molar-refractivity contribution in [1.29, 1.82) is 0 Å². The zero-order chi connectivity index (χ0) is 14.0. The minimum atomic E-state index is -0.751. The van der Waals surface area contributed by atoms with Gasteiger partial charge in [-0.05, 0) is 25.7 Å². The standard InChI is InChI=1S/C12H16ClN3O3/c1-16-10(9(13)6-14-16)11(17)15-8-4-2-7(3-5-8)12(18)19/h6-8H,2-5H2,1H3,(H,15,17)(H,18,19). The van der Waals surface area contributed by atoms with Crippen LogP contribution in [0.2, 0.25) is 5.02 Å². The van der Waals surface area contributed by atoms with Crippen LogP contribution in [-0.2, 0) is 11.8 Å². The fourth-order valence-corrected chi connectivity index (χ4v) is 2.66. The summed E-state index contributed by atoms with van der Waals surface area (Å²) in [5.74, 6) is -1.29. The van der Waals surface area contributed by atoms with E-state index in [9.17, 15) is 9.59 Å². The highest BCUT2D eigenvalue weighted by molar-refractivity contribution is 6.33. The maximum absolute atomic E-state index is 12.1. The van der Waals surface area contributed by atoms with Crippen molar-refractivity contribution in [2.24, 2.45) is 13.0 Å². The van der Waals surface area contributed by atoms with Gasteiger partial charge in [-0.25, -0.2) is 0 Å². The number of nitrogens with one attached hydrogen (secondary N) is 1. The van der Waals surface area contributed by atoms with Crippen LogP contribution in [0.1, 0.15) is 36.2 Å². The molecule has 6 nitrogen and oxygen atoms in total. The molecule has 0 spiro atoms. The van der Waals surface area contributed by atoms with Crippen molar-refractivity contribution in [2.45, 2.75) is 31.7 Å². The normalized spacial score (nSPS) is 23.1. The van der Waals surface area contributed by atoms with Gasteiger partial charge in [-0.3, -0.25) is 14.3 Å². The Bertz CT molecular complexity index is 473. The van der Waals surface area contributed by atoms with Crippen molar-refractivity contribution >= 4 is 23.5 Å². The molecule has 2 N–H and O–H groups in total. The van der Waals surface area contributed by atoms with Crippen LogP contribution in [0.25, 0.3) is 0 Å². The smallest absolute Gasteiger partial charge is 0.306 e. The third kappa shape index (κ3) is 3.07. The van der Waals surface area contributed by atoms with Crippen molar-refractivity contribution in [1.82, 2.24) is 15.1 Å². The van der Waals surface area contributed by atoms with Crippen LogP contribution in [-0.4, -0.2) is 32.8 Å². The lowest BCUT2D eigenvalue weighted by atomic mass is 9.86. The number of halogens is 1. The minimum Gasteiger partial charge on any atom is -0.481 e. The Morgan fingerprint density at radius 1 is 1.42 bits per heavy atom. The van der Waals surface area contributed by atoms with Gasteiger partial charge in [0.25, 0.3) is 5.91 Å². The molecule has 0 bridgehead atoms. The molecule has 7 heteroatoms. The van der Waals surface area contributed by atoms with Gasteiger partial charge in [0.2, 0.25) is 0 Å². The number of carboxylic acids is 1. The molecule has 2 rings (SSSR count). The van der Waals surface area contributed by atoms with E-state index in [1.54, 1.807) is 7.05 Å². The van der Waals surface area contributed by atoms with E-state index in [0.717, 1.165) is 0 Å².